The second-order valence-corrected chi connectivity index (χ2v) is 10.0. The lowest BCUT2D eigenvalue weighted by atomic mass is 9.87. The average molecular weight is 425 g/mol. The number of benzene rings is 1. The van der Waals surface area contributed by atoms with E-state index in [-0.39, 0.29) is 6.04 Å². The SMILES string of the molecule is N#Cc1cccnc1N1CCC(C2CCCCCN2S(=O)(=O)c2ccccc2)CC1. The molecule has 2 fully saturated rings. The molecule has 1 atom stereocenters. The van der Waals surface area contributed by atoms with Gasteiger partial charge in [0, 0.05) is 31.9 Å². The highest BCUT2D eigenvalue weighted by molar-refractivity contribution is 7.89. The number of hydrogen-bond donors (Lipinski definition) is 0. The van der Waals surface area contributed by atoms with Gasteiger partial charge in [-0.1, -0.05) is 31.0 Å². The van der Waals surface area contributed by atoms with Gasteiger partial charge in [0.05, 0.1) is 10.5 Å². The zero-order chi connectivity index (χ0) is 21.0. The predicted octanol–water partition coefficient (Wildman–Crippen LogP) is 3.80. The first-order valence-corrected chi connectivity index (χ1v) is 12.2. The zero-order valence-corrected chi connectivity index (χ0v) is 18.0. The molecule has 0 radical (unpaired) electrons. The molecule has 2 aliphatic rings. The normalized spacial score (nSPS) is 21.7. The third kappa shape index (κ3) is 4.21. The number of hydrogen-bond acceptors (Lipinski definition) is 5. The zero-order valence-electron chi connectivity index (χ0n) is 17.2. The van der Waals surface area contributed by atoms with Crippen molar-refractivity contribution >= 4 is 15.8 Å². The number of aromatic nitrogens is 1. The maximum atomic E-state index is 13.4. The van der Waals surface area contributed by atoms with Gasteiger partial charge in [0.1, 0.15) is 11.9 Å². The standard InChI is InChI=1S/C23H28N4O2S/c24-18-20-8-7-14-25-23(20)26-16-12-19(13-17-26)22-11-5-2-6-15-27(22)30(28,29)21-9-3-1-4-10-21/h1,3-4,7-10,14,19,22H,2,5-6,11-13,15-17H2. The molecule has 1 aromatic carbocycles. The van der Waals surface area contributed by atoms with Crippen LogP contribution in [0.15, 0.2) is 53.6 Å². The van der Waals surface area contributed by atoms with Crippen LogP contribution in [0.2, 0.25) is 0 Å². The molecule has 2 aromatic rings. The molecule has 0 N–H and O–H groups in total. The van der Waals surface area contributed by atoms with Crippen LogP contribution in [0.5, 0.6) is 0 Å². The summed E-state index contributed by atoms with van der Waals surface area (Å²) in [5.41, 5.74) is 0.596. The summed E-state index contributed by atoms with van der Waals surface area (Å²) >= 11 is 0. The average Bonchev–Trinajstić information content (AvgIpc) is 3.06. The Kier molecular flexibility index (Phi) is 6.35. The first-order chi connectivity index (χ1) is 14.6. The lowest BCUT2D eigenvalue weighted by Gasteiger charge is -2.40. The van der Waals surface area contributed by atoms with Crippen LogP contribution in [-0.2, 0) is 10.0 Å². The summed E-state index contributed by atoms with van der Waals surface area (Å²) in [4.78, 5) is 6.98. The third-order valence-electron chi connectivity index (χ3n) is 6.39. The Morgan fingerprint density at radius 2 is 1.70 bits per heavy atom. The molecule has 0 saturated carbocycles. The van der Waals surface area contributed by atoms with E-state index in [2.05, 4.69) is 16.0 Å². The van der Waals surface area contributed by atoms with Crippen molar-refractivity contribution in [3.8, 4) is 6.07 Å². The van der Waals surface area contributed by atoms with Gasteiger partial charge in [0.25, 0.3) is 0 Å². The van der Waals surface area contributed by atoms with E-state index < -0.39 is 10.0 Å². The Balaban J connectivity index is 1.53. The highest BCUT2D eigenvalue weighted by Gasteiger charge is 2.38. The molecule has 4 rings (SSSR count). The van der Waals surface area contributed by atoms with Crippen molar-refractivity contribution in [2.75, 3.05) is 24.5 Å². The fourth-order valence-corrected chi connectivity index (χ4v) is 6.61. The minimum Gasteiger partial charge on any atom is -0.356 e. The molecule has 2 aliphatic heterocycles. The lowest BCUT2D eigenvalue weighted by Crippen LogP contribution is -2.48. The van der Waals surface area contributed by atoms with Gasteiger partial charge in [-0.25, -0.2) is 13.4 Å². The minimum atomic E-state index is -3.50. The van der Waals surface area contributed by atoms with Gasteiger partial charge in [0.15, 0.2) is 0 Å². The van der Waals surface area contributed by atoms with Crippen molar-refractivity contribution in [1.82, 2.24) is 9.29 Å². The molecule has 0 amide bonds. The molecule has 7 heteroatoms. The van der Waals surface area contributed by atoms with Crippen LogP contribution < -0.4 is 4.90 Å². The van der Waals surface area contributed by atoms with Crippen LogP contribution in [-0.4, -0.2) is 43.4 Å². The first kappa shape index (κ1) is 20.8. The molecule has 0 bridgehead atoms. The van der Waals surface area contributed by atoms with Gasteiger partial charge >= 0.3 is 0 Å². The topological polar surface area (TPSA) is 77.3 Å². The smallest absolute Gasteiger partial charge is 0.243 e. The van der Waals surface area contributed by atoms with Crippen molar-refractivity contribution in [3.05, 3.63) is 54.2 Å². The summed E-state index contributed by atoms with van der Waals surface area (Å²) in [5.74, 6) is 1.07. The Labute approximate surface area is 179 Å². The molecule has 0 spiro atoms. The van der Waals surface area contributed by atoms with Gasteiger partial charge in [-0.15, -0.1) is 0 Å². The number of nitriles is 1. The van der Waals surface area contributed by atoms with E-state index in [4.69, 9.17) is 0 Å². The van der Waals surface area contributed by atoms with Crippen molar-refractivity contribution < 1.29 is 8.42 Å². The summed E-state index contributed by atoms with van der Waals surface area (Å²) in [6.45, 7) is 2.19. The Morgan fingerprint density at radius 3 is 2.43 bits per heavy atom. The third-order valence-corrected chi connectivity index (χ3v) is 8.33. The number of nitrogens with zero attached hydrogens (tertiary/aromatic N) is 4. The minimum absolute atomic E-state index is 0.0408. The van der Waals surface area contributed by atoms with Gasteiger partial charge in [-0.05, 0) is 55.9 Å². The maximum absolute atomic E-state index is 13.4. The summed E-state index contributed by atoms with van der Waals surface area (Å²) in [5, 5.41) is 9.38. The van der Waals surface area contributed by atoms with Crippen molar-refractivity contribution in [3.63, 3.8) is 0 Å². The van der Waals surface area contributed by atoms with Crippen molar-refractivity contribution in [1.29, 1.82) is 5.26 Å². The fourth-order valence-electron chi connectivity index (χ4n) is 4.84. The molecule has 6 nitrogen and oxygen atoms in total. The van der Waals surface area contributed by atoms with Crippen LogP contribution in [0.4, 0.5) is 5.82 Å². The largest absolute Gasteiger partial charge is 0.356 e. The Hall–Kier alpha value is -2.43. The summed E-state index contributed by atoms with van der Waals surface area (Å²) in [6.07, 6.45) is 7.53. The molecule has 0 aliphatic carbocycles. The van der Waals surface area contributed by atoms with E-state index in [0.29, 0.717) is 22.9 Å². The van der Waals surface area contributed by atoms with E-state index in [9.17, 15) is 13.7 Å². The van der Waals surface area contributed by atoms with E-state index in [1.165, 1.54) is 0 Å². The predicted molar refractivity (Wildman–Crippen MR) is 116 cm³/mol. The van der Waals surface area contributed by atoms with Crippen LogP contribution >= 0.6 is 0 Å². The van der Waals surface area contributed by atoms with E-state index in [1.54, 1.807) is 46.9 Å². The highest BCUT2D eigenvalue weighted by atomic mass is 32.2. The first-order valence-electron chi connectivity index (χ1n) is 10.8. The van der Waals surface area contributed by atoms with Gasteiger partial charge in [-0.3, -0.25) is 0 Å². The summed E-state index contributed by atoms with van der Waals surface area (Å²) < 4.78 is 28.7. The second kappa shape index (κ2) is 9.15. The van der Waals surface area contributed by atoms with Gasteiger partial charge < -0.3 is 4.90 Å². The van der Waals surface area contributed by atoms with Crippen LogP contribution in [0.3, 0.4) is 0 Å². The molecular weight excluding hydrogens is 396 g/mol. The fraction of sp³-hybridized carbons (Fsp3) is 0.478. The highest BCUT2D eigenvalue weighted by Crippen LogP contribution is 2.34. The Morgan fingerprint density at radius 1 is 0.933 bits per heavy atom. The molecular formula is C23H28N4O2S. The summed E-state index contributed by atoms with van der Waals surface area (Å²) in [7, 11) is -3.50. The van der Waals surface area contributed by atoms with E-state index in [1.807, 2.05) is 6.07 Å². The number of piperidine rings is 1. The lowest BCUT2D eigenvalue weighted by molar-refractivity contribution is 0.205. The monoisotopic (exact) mass is 424 g/mol. The number of pyridine rings is 1. The number of sulfonamides is 1. The molecule has 158 valence electrons. The molecule has 3 heterocycles. The molecule has 1 unspecified atom stereocenters. The Bertz CT molecular complexity index is 995. The maximum Gasteiger partial charge on any atom is 0.243 e. The van der Waals surface area contributed by atoms with Crippen LogP contribution in [0, 0.1) is 17.2 Å². The molecule has 1 aromatic heterocycles. The molecule has 30 heavy (non-hydrogen) atoms. The van der Waals surface area contributed by atoms with Crippen molar-refractivity contribution in [2.24, 2.45) is 5.92 Å². The quantitative estimate of drug-likeness (QED) is 0.746. The second-order valence-electron chi connectivity index (χ2n) is 8.16. The summed E-state index contributed by atoms with van der Waals surface area (Å²) in [6, 6.07) is 14.7. The van der Waals surface area contributed by atoms with Gasteiger partial charge in [-0.2, -0.15) is 9.57 Å². The van der Waals surface area contributed by atoms with Crippen LogP contribution in [0.1, 0.15) is 44.1 Å². The number of anilines is 1. The van der Waals surface area contributed by atoms with E-state index in [0.717, 1.165) is 57.4 Å². The molecule has 2 saturated heterocycles. The van der Waals surface area contributed by atoms with Gasteiger partial charge in [0.2, 0.25) is 10.0 Å². The number of rotatable bonds is 4. The van der Waals surface area contributed by atoms with E-state index >= 15 is 0 Å². The van der Waals surface area contributed by atoms with Crippen LogP contribution in [0.25, 0.3) is 0 Å². The van der Waals surface area contributed by atoms with Crippen molar-refractivity contribution in [2.45, 2.75) is 49.5 Å².